The van der Waals surface area contributed by atoms with Crippen molar-refractivity contribution in [3.05, 3.63) is 53.0 Å². The SMILES string of the molecule is O=C(NCCN1CCN(C(=O)Cn2cnc3ccccc32)CC1)c1ccsc1. The molecule has 1 aliphatic heterocycles. The van der Waals surface area contributed by atoms with Crippen molar-refractivity contribution >= 4 is 34.2 Å². The Bertz CT molecular complexity index is 945. The molecular weight excluding hydrogens is 374 g/mol. The molecule has 1 fully saturated rings. The highest BCUT2D eigenvalue weighted by atomic mass is 32.1. The van der Waals surface area contributed by atoms with Gasteiger partial charge >= 0.3 is 0 Å². The van der Waals surface area contributed by atoms with Gasteiger partial charge in [-0.1, -0.05) is 12.1 Å². The van der Waals surface area contributed by atoms with Gasteiger partial charge in [0, 0.05) is 50.2 Å². The number of carbonyl (C=O) groups excluding carboxylic acids is 2. The first-order chi connectivity index (χ1) is 13.7. The molecule has 0 atom stereocenters. The van der Waals surface area contributed by atoms with E-state index in [2.05, 4.69) is 15.2 Å². The highest BCUT2D eigenvalue weighted by Crippen LogP contribution is 2.12. The van der Waals surface area contributed by atoms with Gasteiger partial charge in [0.1, 0.15) is 6.54 Å². The number of carbonyl (C=O) groups is 2. The maximum atomic E-state index is 12.7. The van der Waals surface area contributed by atoms with Crippen LogP contribution in [-0.2, 0) is 11.3 Å². The fourth-order valence-corrected chi connectivity index (χ4v) is 4.06. The van der Waals surface area contributed by atoms with Crippen LogP contribution < -0.4 is 5.32 Å². The molecule has 1 aliphatic rings. The molecular formula is C20H23N5O2S. The van der Waals surface area contributed by atoms with E-state index in [1.807, 2.05) is 50.6 Å². The molecule has 0 radical (unpaired) electrons. The van der Waals surface area contributed by atoms with Crippen molar-refractivity contribution in [2.45, 2.75) is 6.54 Å². The molecule has 2 aromatic heterocycles. The van der Waals surface area contributed by atoms with Crippen LogP contribution in [0.5, 0.6) is 0 Å². The largest absolute Gasteiger partial charge is 0.351 e. The van der Waals surface area contributed by atoms with E-state index in [4.69, 9.17) is 0 Å². The lowest BCUT2D eigenvalue weighted by Crippen LogP contribution is -2.50. The number of aromatic nitrogens is 2. The summed E-state index contributed by atoms with van der Waals surface area (Å²) < 4.78 is 1.91. The van der Waals surface area contributed by atoms with Crippen LogP contribution in [0.25, 0.3) is 11.0 Å². The molecule has 3 aromatic rings. The number of hydrogen-bond donors (Lipinski definition) is 1. The average molecular weight is 398 g/mol. The van der Waals surface area contributed by atoms with Crippen molar-refractivity contribution in [3.63, 3.8) is 0 Å². The maximum Gasteiger partial charge on any atom is 0.252 e. The van der Waals surface area contributed by atoms with Gasteiger partial charge in [-0.15, -0.1) is 0 Å². The molecule has 28 heavy (non-hydrogen) atoms. The number of imidazole rings is 1. The summed E-state index contributed by atoms with van der Waals surface area (Å²) in [4.78, 5) is 33.1. The predicted octanol–water partition coefficient (Wildman–Crippen LogP) is 1.67. The molecule has 0 spiro atoms. The Kier molecular flexibility index (Phi) is 5.68. The fraction of sp³-hybridized carbons (Fsp3) is 0.350. The number of nitrogens with one attached hydrogen (secondary N) is 1. The summed E-state index contributed by atoms with van der Waals surface area (Å²) in [5.74, 6) is 0.0937. The molecule has 1 aromatic carbocycles. The number of amides is 2. The minimum Gasteiger partial charge on any atom is -0.351 e. The van der Waals surface area contributed by atoms with E-state index in [-0.39, 0.29) is 11.8 Å². The Morgan fingerprint density at radius 3 is 2.71 bits per heavy atom. The van der Waals surface area contributed by atoms with Crippen molar-refractivity contribution in [1.29, 1.82) is 0 Å². The van der Waals surface area contributed by atoms with E-state index in [9.17, 15) is 9.59 Å². The van der Waals surface area contributed by atoms with E-state index in [1.165, 1.54) is 11.3 Å². The van der Waals surface area contributed by atoms with Crippen molar-refractivity contribution in [2.24, 2.45) is 0 Å². The first kappa shape index (κ1) is 18.6. The quantitative estimate of drug-likeness (QED) is 0.687. The third kappa shape index (κ3) is 4.23. The Labute approximate surface area is 167 Å². The number of piperazine rings is 1. The van der Waals surface area contributed by atoms with Gasteiger partial charge in [0.2, 0.25) is 5.91 Å². The van der Waals surface area contributed by atoms with Gasteiger partial charge in [-0.3, -0.25) is 14.5 Å². The standard InChI is InChI=1S/C20H23N5O2S/c26-19(13-25-15-22-17-3-1-2-4-18(17)25)24-10-8-23(9-11-24)7-6-21-20(27)16-5-12-28-14-16/h1-5,12,14-15H,6-11,13H2,(H,21,27). The number of thiophene rings is 1. The number of benzene rings is 1. The summed E-state index contributed by atoms with van der Waals surface area (Å²) in [6.45, 7) is 4.80. The number of fused-ring (bicyclic) bond motifs is 1. The molecule has 0 unspecified atom stereocenters. The Balaban J connectivity index is 1.21. The predicted molar refractivity (Wildman–Crippen MR) is 109 cm³/mol. The van der Waals surface area contributed by atoms with Gasteiger partial charge in [0.15, 0.2) is 0 Å². The van der Waals surface area contributed by atoms with Crippen LogP contribution in [0.4, 0.5) is 0 Å². The monoisotopic (exact) mass is 397 g/mol. The maximum absolute atomic E-state index is 12.7. The van der Waals surface area contributed by atoms with E-state index >= 15 is 0 Å². The lowest BCUT2D eigenvalue weighted by molar-refractivity contribution is -0.133. The molecule has 2 amide bonds. The van der Waals surface area contributed by atoms with Crippen LogP contribution in [0, 0.1) is 0 Å². The summed E-state index contributed by atoms with van der Waals surface area (Å²) in [6.07, 6.45) is 1.73. The normalized spacial score (nSPS) is 15.1. The number of hydrogen-bond acceptors (Lipinski definition) is 5. The molecule has 7 nitrogen and oxygen atoms in total. The van der Waals surface area contributed by atoms with E-state index in [1.54, 1.807) is 6.33 Å². The molecule has 0 aliphatic carbocycles. The van der Waals surface area contributed by atoms with E-state index in [0.717, 1.165) is 30.7 Å². The minimum atomic E-state index is -0.0253. The molecule has 0 bridgehead atoms. The lowest BCUT2D eigenvalue weighted by Gasteiger charge is -2.34. The van der Waals surface area contributed by atoms with Gasteiger partial charge < -0.3 is 14.8 Å². The van der Waals surface area contributed by atoms with Crippen LogP contribution in [0.2, 0.25) is 0 Å². The van der Waals surface area contributed by atoms with E-state index in [0.29, 0.717) is 31.7 Å². The molecule has 146 valence electrons. The van der Waals surface area contributed by atoms with Crippen LogP contribution in [0.3, 0.4) is 0 Å². The van der Waals surface area contributed by atoms with E-state index < -0.39 is 0 Å². The van der Waals surface area contributed by atoms with Crippen LogP contribution >= 0.6 is 11.3 Å². The van der Waals surface area contributed by atoms with Crippen LogP contribution in [0.15, 0.2) is 47.4 Å². The average Bonchev–Trinajstić information content (AvgIpc) is 3.39. The van der Waals surface area contributed by atoms with Crippen LogP contribution in [-0.4, -0.2) is 70.4 Å². The van der Waals surface area contributed by atoms with Crippen LogP contribution in [0.1, 0.15) is 10.4 Å². The second-order valence-electron chi connectivity index (χ2n) is 6.85. The molecule has 0 saturated carbocycles. The van der Waals surface area contributed by atoms with Crippen molar-refractivity contribution in [1.82, 2.24) is 24.7 Å². The second kappa shape index (κ2) is 8.53. The Morgan fingerprint density at radius 1 is 1.11 bits per heavy atom. The van der Waals surface area contributed by atoms with Gasteiger partial charge in [0.25, 0.3) is 5.91 Å². The zero-order valence-electron chi connectivity index (χ0n) is 15.6. The van der Waals surface area contributed by atoms with Gasteiger partial charge in [-0.05, 0) is 23.6 Å². The van der Waals surface area contributed by atoms with Gasteiger partial charge in [-0.25, -0.2) is 4.98 Å². The van der Waals surface area contributed by atoms with Crippen molar-refractivity contribution in [2.75, 3.05) is 39.3 Å². The molecule has 4 rings (SSSR count). The summed E-state index contributed by atoms with van der Waals surface area (Å²) in [5.41, 5.74) is 2.60. The topological polar surface area (TPSA) is 70.5 Å². The third-order valence-electron chi connectivity index (χ3n) is 5.05. The number of para-hydroxylation sites is 2. The molecule has 1 N–H and O–H groups in total. The zero-order valence-corrected chi connectivity index (χ0v) is 16.4. The smallest absolute Gasteiger partial charge is 0.252 e. The zero-order chi connectivity index (χ0) is 19.3. The first-order valence-corrected chi connectivity index (χ1v) is 10.4. The highest BCUT2D eigenvalue weighted by Gasteiger charge is 2.21. The first-order valence-electron chi connectivity index (χ1n) is 9.41. The van der Waals surface area contributed by atoms with Gasteiger partial charge in [0.05, 0.1) is 17.4 Å². The summed E-state index contributed by atoms with van der Waals surface area (Å²) in [7, 11) is 0. The number of rotatable bonds is 6. The molecule has 8 heteroatoms. The summed E-state index contributed by atoms with van der Waals surface area (Å²) in [5, 5.41) is 6.70. The summed E-state index contributed by atoms with van der Waals surface area (Å²) in [6, 6.07) is 9.67. The highest BCUT2D eigenvalue weighted by molar-refractivity contribution is 7.08. The van der Waals surface area contributed by atoms with Gasteiger partial charge in [-0.2, -0.15) is 11.3 Å². The fourth-order valence-electron chi connectivity index (χ4n) is 3.43. The lowest BCUT2D eigenvalue weighted by atomic mass is 10.3. The Morgan fingerprint density at radius 2 is 1.93 bits per heavy atom. The summed E-state index contributed by atoms with van der Waals surface area (Å²) >= 11 is 1.52. The molecule has 3 heterocycles. The number of nitrogens with zero attached hydrogens (tertiary/aromatic N) is 4. The molecule has 1 saturated heterocycles. The second-order valence-corrected chi connectivity index (χ2v) is 7.63. The Hall–Kier alpha value is -2.71. The van der Waals surface area contributed by atoms with Crippen molar-refractivity contribution in [3.8, 4) is 0 Å². The van der Waals surface area contributed by atoms with Crippen molar-refractivity contribution < 1.29 is 9.59 Å². The minimum absolute atomic E-state index is 0.0253. The third-order valence-corrected chi connectivity index (χ3v) is 5.74.